The quantitative estimate of drug-likeness (QED) is 0.567. The van der Waals surface area contributed by atoms with Crippen molar-refractivity contribution in [3.05, 3.63) is 63.7 Å². The third-order valence-electron chi connectivity index (χ3n) is 4.60. The Morgan fingerprint density at radius 3 is 2.18 bits per heavy atom. The molecule has 7 heteroatoms. The maximum absolute atomic E-state index is 12.2. The fraction of sp³-hybridized carbons (Fsp3) is 0.333. The number of aryl methyl sites for hydroxylation is 3. The predicted octanol–water partition coefficient (Wildman–Crippen LogP) is 3.14. The molecular formula is C21H25NO5S. The highest BCUT2D eigenvalue weighted by molar-refractivity contribution is 7.89. The average Bonchev–Trinajstić information content (AvgIpc) is 2.59. The Labute approximate surface area is 166 Å². The largest absolute Gasteiger partial charge is 0.460 e. The second-order valence-electron chi connectivity index (χ2n) is 6.84. The van der Waals surface area contributed by atoms with E-state index in [9.17, 15) is 18.0 Å². The molecule has 0 heterocycles. The first kappa shape index (κ1) is 21.8. The van der Waals surface area contributed by atoms with E-state index in [1.807, 2.05) is 33.8 Å². The van der Waals surface area contributed by atoms with Crippen LogP contribution in [0.2, 0.25) is 0 Å². The van der Waals surface area contributed by atoms with E-state index in [2.05, 4.69) is 4.72 Å². The maximum Gasteiger partial charge on any atom is 0.321 e. The summed E-state index contributed by atoms with van der Waals surface area (Å²) in [6.07, 6.45) is 0. The zero-order valence-electron chi connectivity index (χ0n) is 16.8. The van der Waals surface area contributed by atoms with Crippen molar-refractivity contribution < 1.29 is 22.7 Å². The summed E-state index contributed by atoms with van der Waals surface area (Å²) in [5.74, 6) is -0.743. The molecular weight excluding hydrogens is 378 g/mol. The summed E-state index contributed by atoms with van der Waals surface area (Å²) in [5.41, 5.74) is 4.88. The van der Waals surface area contributed by atoms with Crippen molar-refractivity contribution in [1.29, 1.82) is 0 Å². The third kappa shape index (κ3) is 5.05. The first-order valence-corrected chi connectivity index (χ1v) is 10.3. The zero-order valence-corrected chi connectivity index (χ0v) is 17.6. The van der Waals surface area contributed by atoms with E-state index in [4.69, 9.17) is 4.74 Å². The van der Waals surface area contributed by atoms with Crippen LogP contribution in [0.1, 0.15) is 45.1 Å². The fourth-order valence-electron chi connectivity index (χ4n) is 3.15. The minimum absolute atomic E-state index is 0.0245. The normalized spacial score (nSPS) is 11.3. The van der Waals surface area contributed by atoms with Gasteiger partial charge in [0.05, 0.1) is 4.90 Å². The molecule has 28 heavy (non-hydrogen) atoms. The zero-order chi connectivity index (χ0) is 21.1. The Kier molecular flexibility index (Phi) is 6.74. The molecule has 0 saturated heterocycles. The van der Waals surface area contributed by atoms with Gasteiger partial charge in [0, 0.05) is 5.56 Å². The molecule has 0 unspecified atom stereocenters. The maximum atomic E-state index is 12.2. The first-order chi connectivity index (χ1) is 13.0. The van der Waals surface area contributed by atoms with Crippen molar-refractivity contribution in [2.45, 2.75) is 46.1 Å². The second-order valence-corrected chi connectivity index (χ2v) is 8.61. The summed E-state index contributed by atoms with van der Waals surface area (Å²) in [7, 11) is -3.79. The predicted molar refractivity (Wildman–Crippen MR) is 107 cm³/mol. The van der Waals surface area contributed by atoms with Crippen LogP contribution in [0, 0.1) is 27.7 Å². The molecule has 0 saturated carbocycles. The highest BCUT2D eigenvalue weighted by Gasteiger charge is 2.18. The van der Waals surface area contributed by atoms with Gasteiger partial charge in [-0.15, -0.1) is 0 Å². The molecule has 0 aromatic heterocycles. The van der Waals surface area contributed by atoms with Crippen LogP contribution in [0.3, 0.4) is 0 Å². The minimum Gasteiger partial charge on any atom is -0.460 e. The molecule has 0 amide bonds. The average molecular weight is 404 g/mol. The van der Waals surface area contributed by atoms with E-state index in [-0.39, 0.29) is 17.3 Å². The van der Waals surface area contributed by atoms with Crippen LogP contribution in [0.25, 0.3) is 0 Å². The molecule has 0 fully saturated rings. The number of benzene rings is 2. The van der Waals surface area contributed by atoms with Crippen molar-refractivity contribution in [1.82, 2.24) is 4.72 Å². The van der Waals surface area contributed by atoms with Gasteiger partial charge in [-0.25, -0.2) is 8.42 Å². The van der Waals surface area contributed by atoms with Gasteiger partial charge in [-0.2, -0.15) is 4.72 Å². The number of hydrogen-bond acceptors (Lipinski definition) is 5. The van der Waals surface area contributed by atoms with Crippen LogP contribution in [0.15, 0.2) is 35.2 Å². The lowest BCUT2D eigenvalue weighted by Crippen LogP contribution is -2.30. The summed E-state index contributed by atoms with van der Waals surface area (Å²) in [5, 5.41) is 0. The lowest BCUT2D eigenvalue weighted by molar-refractivity contribution is -0.143. The molecule has 6 nitrogen and oxygen atoms in total. The molecule has 2 aromatic rings. The number of sulfonamides is 1. The smallest absolute Gasteiger partial charge is 0.321 e. The van der Waals surface area contributed by atoms with E-state index >= 15 is 0 Å². The number of carbonyl (C=O) groups excluding carboxylic acids is 2. The lowest BCUT2D eigenvalue weighted by Gasteiger charge is -2.16. The SMILES string of the molecule is CC(=O)c1c(C)cc(C)c(COC(=O)CNS(=O)(=O)c2ccc(C)cc2)c1C. The second kappa shape index (κ2) is 8.67. The Morgan fingerprint density at radius 1 is 1.00 bits per heavy atom. The minimum atomic E-state index is -3.79. The summed E-state index contributed by atoms with van der Waals surface area (Å²) >= 11 is 0. The topological polar surface area (TPSA) is 89.5 Å². The Hall–Kier alpha value is -2.51. The number of nitrogens with one attached hydrogen (secondary N) is 1. The lowest BCUT2D eigenvalue weighted by atomic mass is 9.92. The monoisotopic (exact) mass is 403 g/mol. The van der Waals surface area contributed by atoms with Crippen LogP contribution in [-0.4, -0.2) is 26.7 Å². The molecule has 0 atom stereocenters. The number of ketones is 1. The molecule has 0 bridgehead atoms. The molecule has 0 aliphatic heterocycles. The summed E-state index contributed by atoms with van der Waals surface area (Å²) < 4.78 is 31.9. The molecule has 0 radical (unpaired) electrons. The standard InChI is InChI=1S/C21H25NO5S/c1-13-6-8-18(9-7-13)28(25,26)22-11-20(24)27-12-19-14(2)10-15(3)21(16(19)4)17(5)23/h6-10,22H,11-12H2,1-5H3. The molecule has 1 N–H and O–H groups in total. The van der Waals surface area contributed by atoms with Crippen LogP contribution < -0.4 is 4.72 Å². The Bertz CT molecular complexity index is 1010. The van der Waals surface area contributed by atoms with Gasteiger partial charge in [0.15, 0.2) is 5.78 Å². The van der Waals surface area contributed by atoms with Crippen LogP contribution in [0.4, 0.5) is 0 Å². The fourth-order valence-corrected chi connectivity index (χ4v) is 4.12. The van der Waals surface area contributed by atoms with Gasteiger partial charge in [-0.05, 0) is 69.0 Å². The van der Waals surface area contributed by atoms with Gasteiger partial charge in [0.1, 0.15) is 13.2 Å². The summed E-state index contributed by atoms with van der Waals surface area (Å²) in [6.45, 7) is 8.43. The first-order valence-electron chi connectivity index (χ1n) is 8.85. The van der Waals surface area contributed by atoms with Crippen molar-refractivity contribution in [3.63, 3.8) is 0 Å². The van der Waals surface area contributed by atoms with Gasteiger partial charge in [-0.1, -0.05) is 23.8 Å². The van der Waals surface area contributed by atoms with E-state index in [1.165, 1.54) is 19.1 Å². The highest BCUT2D eigenvalue weighted by Crippen LogP contribution is 2.23. The number of hydrogen-bond donors (Lipinski definition) is 1. The van der Waals surface area contributed by atoms with E-state index in [0.717, 1.165) is 27.8 Å². The summed E-state index contributed by atoms with van der Waals surface area (Å²) in [4.78, 5) is 24.0. The number of rotatable bonds is 7. The third-order valence-corrected chi connectivity index (χ3v) is 6.02. The molecule has 0 aliphatic rings. The summed E-state index contributed by atoms with van der Waals surface area (Å²) in [6, 6.07) is 8.20. The van der Waals surface area contributed by atoms with Crippen LogP contribution in [-0.2, 0) is 26.2 Å². The number of ether oxygens (including phenoxy) is 1. The van der Waals surface area contributed by atoms with Gasteiger partial charge >= 0.3 is 5.97 Å². The number of carbonyl (C=O) groups is 2. The Balaban J connectivity index is 2.04. The van der Waals surface area contributed by atoms with Crippen LogP contribution >= 0.6 is 0 Å². The van der Waals surface area contributed by atoms with E-state index in [1.54, 1.807) is 12.1 Å². The van der Waals surface area contributed by atoms with Crippen molar-refractivity contribution in [3.8, 4) is 0 Å². The highest BCUT2D eigenvalue weighted by atomic mass is 32.2. The number of esters is 1. The van der Waals surface area contributed by atoms with Gasteiger partial charge < -0.3 is 4.74 Å². The number of Topliss-reactive ketones (excluding diaryl/α,β-unsaturated/α-hetero) is 1. The molecule has 2 aromatic carbocycles. The van der Waals surface area contributed by atoms with Crippen molar-refractivity contribution >= 4 is 21.8 Å². The van der Waals surface area contributed by atoms with Gasteiger partial charge in [0.2, 0.25) is 10.0 Å². The van der Waals surface area contributed by atoms with Crippen LogP contribution in [0.5, 0.6) is 0 Å². The molecule has 2 rings (SSSR count). The van der Waals surface area contributed by atoms with Crippen molar-refractivity contribution in [2.75, 3.05) is 6.54 Å². The molecule has 0 aliphatic carbocycles. The van der Waals surface area contributed by atoms with E-state index < -0.39 is 22.5 Å². The van der Waals surface area contributed by atoms with Gasteiger partial charge in [-0.3, -0.25) is 9.59 Å². The Morgan fingerprint density at radius 2 is 1.61 bits per heavy atom. The molecule has 150 valence electrons. The van der Waals surface area contributed by atoms with E-state index in [0.29, 0.717) is 5.56 Å². The molecule has 0 spiro atoms. The van der Waals surface area contributed by atoms with Gasteiger partial charge in [0.25, 0.3) is 0 Å². The van der Waals surface area contributed by atoms with Crippen molar-refractivity contribution in [2.24, 2.45) is 0 Å².